The highest BCUT2D eigenvalue weighted by atomic mass is 19.1. The minimum absolute atomic E-state index is 0.262. The van der Waals surface area contributed by atoms with Gasteiger partial charge in [-0.1, -0.05) is 0 Å². The number of fused-ring (bicyclic) bond motifs is 2. The summed E-state index contributed by atoms with van der Waals surface area (Å²) < 4.78 is 15.6. The molecule has 7 heteroatoms. The summed E-state index contributed by atoms with van der Waals surface area (Å²) in [5.74, 6) is 1.47. The van der Waals surface area contributed by atoms with Gasteiger partial charge in [0.15, 0.2) is 5.65 Å². The summed E-state index contributed by atoms with van der Waals surface area (Å²) in [6.07, 6.45) is 6.08. The maximum atomic E-state index is 13.5. The predicted octanol–water partition coefficient (Wildman–Crippen LogP) is 3.91. The third-order valence-electron chi connectivity index (χ3n) is 6.42. The highest BCUT2D eigenvalue weighted by Gasteiger charge is 2.31. The molecule has 1 aromatic carbocycles. The molecule has 2 aliphatic heterocycles. The highest BCUT2D eigenvalue weighted by Crippen LogP contribution is 2.30. The van der Waals surface area contributed by atoms with Crippen LogP contribution in [0.1, 0.15) is 12.8 Å². The van der Waals surface area contributed by atoms with Gasteiger partial charge in [-0.15, -0.1) is 0 Å². The monoisotopic (exact) mass is 414 g/mol. The van der Waals surface area contributed by atoms with Crippen molar-refractivity contribution in [3.63, 3.8) is 0 Å². The number of anilines is 1. The molecule has 0 radical (unpaired) electrons. The van der Waals surface area contributed by atoms with Crippen molar-refractivity contribution in [3.05, 3.63) is 66.7 Å². The van der Waals surface area contributed by atoms with Crippen LogP contribution in [0, 0.1) is 5.82 Å². The van der Waals surface area contributed by atoms with E-state index in [4.69, 9.17) is 9.97 Å². The maximum absolute atomic E-state index is 13.5. The zero-order valence-electron chi connectivity index (χ0n) is 17.2. The van der Waals surface area contributed by atoms with E-state index in [2.05, 4.69) is 20.9 Å². The average Bonchev–Trinajstić information content (AvgIpc) is 3.43. The highest BCUT2D eigenvalue weighted by molar-refractivity contribution is 5.81. The second-order valence-electron chi connectivity index (χ2n) is 8.27. The number of aromatic nitrogens is 4. The van der Waals surface area contributed by atoms with Crippen molar-refractivity contribution < 1.29 is 4.39 Å². The molecule has 156 valence electrons. The lowest BCUT2D eigenvalue weighted by molar-refractivity contribution is 0.230. The SMILES string of the molecule is Fc1ccc(-c2nc3ccc(N4CCN5CCC[C@H]5C4)nc3n2-c2ccncc2)cc1. The number of nitrogens with zero attached hydrogens (tertiary/aromatic N) is 6. The molecule has 31 heavy (non-hydrogen) atoms. The number of imidazole rings is 1. The van der Waals surface area contributed by atoms with E-state index < -0.39 is 0 Å². The van der Waals surface area contributed by atoms with Gasteiger partial charge >= 0.3 is 0 Å². The predicted molar refractivity (Wildman–Crippen MR) is 119 cm³/mol. The van der Waals surface area contributed by atoms with Crippen LogP contribution in [0.25, 0.3) is 28.2 Å². The van der Waals surface area contributed by atoms with Crippen LogP contribution in [-0.4, -0.2) is 56.6 Å². The zero-order valence-corrected chi connectivity index (χ0v) is 17.2. The fourth-order valence-electron chi connectivity index (χ4n) is 4.85. The van der Waals surface area contributed by atoms with Crippen molar-refractivity contribution >= 4 is 17.0 Å². The first-order chi connectivity index (χ1) is 15.3. The third-order valence-corrected chi connectivity index (χ3v) is 6.42. The summed E-state index contributed by atoms with van der Waals surface area (Å²) >= 11 is 0. The Balaban J connectivity index is 1.48. The number of hydrogen-bond acceptors (Lipinski definition) is 5. The van der Waals surface area contributed by atoms with E-state index in [1.54, 1.807) is 24.5 Å². The lowest BCUT2D eigenvalue weighted by Gasteiger charge is -2.38. The molecule has 1 atom stereocenters. The number of pyridine rings is 2. The Morgan fingerprint density at radius 3 is 2.55 bits per heavy atom. The lowest BCUT2D eigenvalue weighted by Crippen LogP contribution is -2.50. The first kappa shape index (κ1) is 18.4. The quantitative estimate of drug-likeness (QED) is 0.509. The molecule has 2 saturated heterocycles. The first-order valence-electron chi connectivity index (χ1n) is 10.8. The molecule has 3 aromatic heterocycles. The standard InChI is InChI=1S/C24H23FN6/c25-18-5-3-17(4-6-18)23-27-21-7-8-22(30-15-14-29-13-1-2-20(29)16-30)28-24(21)31(23)19-9-11-26-12-10-19/h3-12,20H,1-2,13-16H2/t20-/m0/s1. The van der Waals surface area contributed by atoms with Gasteiger partial charge in [0.05, 0.1) is 5.69 Å². The molecule has 0 saturated carbocycles. The summed E-state index contributed by atoms with van der Waals surface area (Å²) in [6.45, 7) is 4.32. The van der Waals surface area contributed by atoms with Gasteiger partial charge in [0, 0.05) is 43.6 Å². The molecular weight excluding hydrogens is 391 g/mol. The lowest BCUT2D eigenvalue weighted by atomic mass is 10.1. The van der Waals surface area contributed by atoms with Crippen molar-refractivity contribution in [3.8, 4) is 17.1 Å². The minimum Gasteiger partial charge on any atom is -0.354 e. The topological polar surface area (TPSA) is 50.1 Å². The second-order valence-corrected chi connectivity index (χ2v) is 8.27. The molecule has 5 heterocycles. The number of rotatable bonds is 3. The van der Waals surface area contributed by atoms with Crippen LogP contribution >= 0.6 is 0 Å². The Morgan fingerprint density at radius 1 is 0.871 bits per heavy atom. The minimum atomic E-state index is -0.262. The van der Waals surface area contributed by atoms with Crippen LogP contribution in [0.5, 0.6) is 0 Å². The van der Waals surface area contributed by atoms with Crippen molar-refractivity contribution in [1.29, 1.82) is 0 Å². The van der Waals surface area contributed by atoms with Crippen molar-refractivity contribution in [2.24, 2.45) is 0 Å². The van der Waals surface area contributed by atoms with Gasteiger partial charge in [-0.2, -0.15) is 0 Å². The molecular formula is C24H23FN6. The van der Waals surface area contributed by atoms with E-state index in [9.17, 15) is 4.39 Å². The summed E-state index contributed by atoms with van der Waals surface area (Å²) in [5.41, 5.74) is 3.40. The summed E-state index contributed by atoms with van der Waals surface area (Å²) in [6, 6.07) is 15.1. The molecule has 0 amide bonds. The normalized spacial score (nSPS) is 19.1. The van der Waals surface area contributed by atoms with Crippen molar-refractivity contribution in [2.75, 3.05) is 31.1 Å². The van der Waals surface area contributed by atoms with E-state index in [-0.39, 0.29) is 5.82 Å². The van der Waals surface area contributed by atoms with Gasteiger partial charge < -0.3 is 4.90 Å². The van der Waals surface area contributed by atoms with E-state index in [0.717, 1.165) is 53.7 Å². The average molecular weight is 414 g/mol. The largest absolute Gasteiger partial charge is 0.354 e. The molecule has 2 fully saturated rings. The molecule has 6 nitrogen and oxygen atoms in total. The van der Waals surface area contributed by atoms with Crippen LogP contribution in [0.2, 0.25) is 0 Å². The first-order valence-corrected chi connectivity index (χ1v) is 10.8. The summed E-state index contributed by atoms with van der Waals surface area (Å²) in [7, 11) is 0. The van der Waals surface area contributed by atoms with Gasteiger partial charge in [-0.05, 0) is 67.9 Å². The van der Waals surface area contributed by atoms with E-state index in [1.807, 2.05) is 22.8 Å². The fraction of sp³-hybridized carbons (Fsp3) is 0.292. The number of benzene rings is 1. The van der Waals surface area contributed by atoms with Gasteiger partial charge in [0.1, 0.15) is 23.0 Å². The number of hydrogen-bond donors (Lipinski definition) is 0. The Hall–Kier alpha value is -3.32. The zero-order chi connectivity index (χ0) is 20.8. The summed E-state index contributed by atoms with van der Waals surface area (Å²) in [4.78, 5) is 19.1. The number of halogens is 1. The van der Waals surface area contributed by atoms with Crippen LogP contribution < -0.4 is 4.90 Å². The van der Waals surface area contributed by atoms with E-state index in [0.29, 0.717) is 6.04 Å². The molecule has 0 N–H and O–H groups in total. The Labute approximate surface area is 180 Å². The van der Waals surface area contributed by atoms with Crippen molar-refractivity contribution in [1.82, 2.24) is 24.4 Å². The van der Waals surface area contributed by atoms with Crippen LogP contribution in [-0.2, 0) is 0 Å². The maximum Gasteiger partial charge on any atom is 0.167 e. The van der Waals surface area contributed by atoms with Crippen LogP contribution in [0.3, 0.4) is 0 Å². The van der Waals surface area contributed by atoms with E-state index in [1.165, 1.54) is 31.5 Å². The van der Waals surface area contributed by atoms with Crippen molar-refractivity contribution in [2.45, 2.75) is 18.9 Å². The Bertz CT molecular complexity index is 1220. The van der Waals surface area contributed by atoms with Gasteiger partial charge in [-0.3, -0.25) is 14.5 Å². The Kier molecular flexibility index (Phi) is 4.42. The van der Waals surface area contributed by atoms with E-state index >= 15 is 0 Å². The Morgan fingerprint density at radius 2 is 1.71 bits per heavy atom. The molecule has 0 unspecified atom stereocenters. The number of piperazine rings is 1. The molecule has 6 rings (SSSR count). The molecule has 0 bridgehead atoms. The van der Waals surface area contributed by atoms with Gasteiger partial charge in [0.2, 0.25) is 0 Å². The van der Waals surface area contributed by atoms with Crippen LogP contribution in [0.4, 0.5) is 10.2 Å². The molecule has 2 aliphatic rings. The third kappa shape index (κ3) is 3.25. The fourth-order valence-corrected chi connectivity index (χ4v) is 4.85. The second kappa shape index (κ2) is 7.42. The smallest absolute Gasteiger partial charge is 0.167 e. The van der Waals surface area contributed by atoms with Gasteiger partial charge in [-0.25, -0.2) is 14.4 Å². The summed E-state index contributed by atoms with van der Waals surface area (Å²) in [5, 5.41) is 0. The molecule has 4 aromatic rings. The van der Waals surface area contributed by atoms with Crippen LogP contribution in [0.15, 0.2) is 60.9 Å². The molecule has 0 aliphatic carbocycles. The molecule has 0 spiro atoms. The van der Waals surface area contributed by atoms with Gasteiger partial charge in [0.25, 0.3) is 0 Å².